The van der Waals surface area contributed by atoms with Crippen LogP contribution in [0.5, 0.6) is 11.5 Å². The highest BCUT2D eigenvalue weighted by molar-refractivity contribution is 6.31. The molecule has 2 aromatic carbocycles. The van der Waals surface area contributed by atoms with Gasteiger partial charge >= 0.3 is 0 Å². The average Bonchev–Trinajstić information content (AvgIpc) is 2.70. The van der Waals surface area contributed by atoms with Crippen molar-refractivity contribution < 1.29 is 14.3 Å². The SMILES string of the molecule is COc1ccc(C(C)N/C=C(/C#N)C(=O)Nc2ccc(C)c(Cl)c2)cc1OC. The Labute approximate surface area is 169 Å². The van der Waals surface area contributed by atoms with Crippen LogP contribution in [0.2, 0.25) is 5.02 Å². The van der Waals surface area contributed by atoms with E-state index in [1.165, 1.54) is 6.20 Å². The van der Waals surface area contributed by atoms with Crippen LogP contribution in [-0.2, 0) is 4.79 Å². The number of rotatable bonds is 7. The van der Waals surface area contributed by atoms with Crippen molar-refractivity contribution >= 4 is 23.2 Å². The predicted octanol–water partition coefficient (Wildman–Crippen LogP) is 4.36. The molecule has 6 nitrogen and oxygen atoms in total. The Morgan fingerprint density at radius 2 is 1.89 bits per heavy atom. The Hall–Kier alpha value is -3.17. The van der Waals surface area contributed by atoms with Gasteiger partial charge in [-0.05, 0) is 49.2 Å². The first-order chi connectivity index (χ1) is 13.4. The van der Waals surface area contributed by atoms with Gasteiger partial charge < -0.3 is 20.1 Å². The monoisotopic (exact) mass is 399 g/mol. The third-order valence-electron chi connectivity index (χ3n) is 4.18. The Balaban J connectivity index is 2.10. The molecule has 2 N–H and O–H groups in total. The number of carbonyl (C=O) groups excluding carboxylic acids is 1. The van der Waals surface area contributed by atoms with Crippen molar-refractivity contribution in [3.05, 3.63) is 64.3 Å². The summed E-state index contributed by atoms with van der Waals surface area (Å²) in [6.07, 6.45) is 1.40. The number of nitrogens with zero attached hydrogens (tertiary/aromatic N) is 1. The van der Waals surface area contributed by atoms with Crippen LogP contribution in [0.3, 0.4) is 0 Å². The van der Waals surface area contributed by atoms with Crippen molar-refractivity contribution in [3.63, 3.8) is 0 Å². The van der Waals surface area contributed by atoms with Crippen molar-refractivity contribution in [3.8, 4) is 17.6 Å². The molecule has 2 aromatic rings. The molecule has 0 saturated heterocycles. The highest BCUT2D eigenvalue weighted by Gasteiger charge is 2.13. The van der Waals surface area contributed by atoms with E-state index < -0.39 is 5.91 Å². The van der Waals surface area contributed by atoms with Crippen molar-refractivity contribution in [2.24, 2.45) is 0 Å². The van der Waals surface area contributed by atoms with E-state index in [1.807, 2.05) is 32.0 Å². The number of nitrogens with one attached hydrogen (secondary N) is 2. The first-order valence-electron chi connectivity index (χ1n) is 8.55. The molecule has 0 aliphatic heterocycles. The Kier molecular flexibility index (Phi) is 7.30. The maximum atomic E-state index is 12.4. The molecule has 0 fully saturated rings. The Bertz CT molecular complexity index is 935. The molecule has 1 unspecified atom stereocenters. The molecule has 0 radical (unpaired) electrons. The number of anilines is 1. The van der Waals surface area contributed by atoms with E-state index in [0.717, 1.165) is 11.1 Å². The van der Waals surface area contributed by atoms with Gasteiger partial charge in [0.1, 0.15) is 11.6 Å². The number of halogens is 1. The summed E-state index contributed by atoms with van der Waals surface area (Å²) in [4.78, 5) is 12.4. The number of aryl methyl sites for hydroxylation is 1. The Morgan fingerprint density at radius 3 is 2.50 bits per heavy atom. The van der Waals surface area contributed by atoms with E-state index in [-0.39, 0.29) is 11.6 Å². The zero-order valence-corrected chi connectivity index (χ0v) is 16.9. The summed E-state index contributed by atoms with van der Waals surface area (Å²) >= 11 is 6.07. The van der Waals surface area contributed by atoms with Gasteiger partial charge in [0, 0.05) is 23.0 Å². The van der Waals surface area contributed by atoms with Crippen LogP contribution < -0.4 is 20.1 Å². The third-order valence-corrected chi connectivity index (χ3v) is 4.59. The van der Waals surface area contributed by atoms with Crippen LogP contribution in [0, 0.1) is 18.3 Å². The number of hydrogen-bond acceptors (Lipinski definition) is 5. The normalized spacial score (nSPS) is 11.9. The molecule has 0 aromatic heterocycles. The number of nitriles is 1. The number of hydrogen-bond donors (Lipinski definition) is 2. The molecular weight excluding hydrogens is 378 g/mol. The molecule has 0 heterocycles. The lowest BCUT2D eigenvalue weighted by atomic mass is 10.1. The van der Waals surface area contributed by atoms with E-state index in [2.05, 4.69) is 10.6 Å². The fourth-order valence-corrected chi connectivity index (χ4v) is 2.62. The number of carbonyl (C=O) groups is 1. The molecule has 28 heavy (non-hydrogen) atoms. The summed E-state index contributed by atoms with van der Waals surface area (Å²) in [6.45, 7) is 3.78. The second kappa shape index (κ2) is 9.67. The smallest absolute Gasteiger partial charge is 0.267 e. The molecule has 146 valence electrons. The summed E-state index contributed by atoms with van der Waals surface area (Å²) < 4.78 is 10.5. The second-order valence-electron chi connectivity index (χ2n) is 6.09. The molecule has 1 amide bonds. The Morgan fingerprint density at radius 1 is 1.18 bits per heavy atom. The zero-order valence-electron chi connectivity index (χ0n) is 16.2. The summed E-state index contributed by atoms with van der Waals surface area (Å²) in [5, 5.41) is 15.6. The van der Waals surface area contributed by atoms with Gasteiger partial charge in [0.05, 0.1) is 14.2 Å². The first-order valence-corrected chi connectivity index (χ1v) is 8.93. The molecule has 0 bridgehead atoms. The quantitative estimate of drug-likeness (QED) is 0.533. The van der Waals surface area contributed by atoms with Crippen molar-refractivity contribution in [1.82, 2.24) is 5.32 Å². The highest BCUT2D eigenvalue weighted by atomic mass is 35.5. The fourth-order valence-electron chi connectivity index (χ4n) is 2.44. The van der Waals surface area contributed by atoms with Gasteiger partial charge in [0.15, 0.2) is 11.5 Å². The third kappa shape index (κ3) is 5.18. The largest absolute Gasteiger partial charge is 0.493 e. The van der Waals surface area contributed by atoms with Gasteiger partial charge in [-0.2, -0.15) is 5.26 Å². The van der Waals surface area contributed by atoms with E-state index in [9.17, 15) is 10.1 Å². The maximum absolute atomic E-state index is 12.4. The van der Waals surface area contributed by atoms with Gasteiger partial charge in [0.25, 0.3) is 5.91 Å². The van der Waals surface area contributed by atoms with Crippen molar-refractivity contribution in [2.45, 2.75) is 19.9 Å². The summed E-state index contributed by atoms with van der Waals surface area (Å²) in [6, 6.07) is 12.4. The van der Waals surface area contributed by atoms with E-state index in [0.29, 0.717) is 22.2 Å². The minimum Gasteiger partial charge on any atom is -0.493 e. The molecule has 0 aliphatic carbocycles. The second-order valence-corrected chi connectivity index (χ2v) is 6.50. The number of amides is 1. The number of benzene rings is 2. The minimum absolute atomic E-state index is 0.0518. The topological polar surface area (TPSA) is 83.4 Å². The number of methoxy groups -OCH3 is 2. The lowest BCUT2D eigenvalue weighted by Crippen LogP contribution is -2.18. The molecular formula is C21H22ClN3O3. The lowest BCUT2D eigenvalue weighted by molar-refractivity contribution is -0.112. The predicted molar refractivity (Wildman–Crippen MR) is 110 cm³/mol. The van der Waals surface area contributed by atoms with Crippen molar-refractivity contribution in [2.75, 3.05) is 19.5 Å². The standard InChI is InChI=1S/C21H22ClN3O3/c1-13-5-7-17(10-18(13)22)25-21(26)16(11-23)12-24-14(2)15-6-8-19(27-3)20(9-15)28-4/h5-10,12,14,24H,1-4H3,(H,25,26)/b16-12-. The van der Waals surface area contributed by atoms with Crippen molar-refractivity contribution in [1.29, 1.82) is 5.26 Å². The van der Waals surface area contributed by atoms with Gasteiger partial charge in [-0.15, -0.1) is 0 Å². The summed E-state index contributed by atoms with van der Waals surface area (Å²) in [5.74, 6) is 0.712. The van der Waals surface area contributed by atoms with Gasteiger partial charge in [-0.25, -0.2) is 0 Å². The molecule has 1 atom stereocenters. The number of ether oxygens (including phenoxy) is 2. The molecule has 0 aliphatic rings. The highest BCUT2D eigenvalue weighted by Crippen LogP contribution is 2.30. The fraction of sp³-hybridized carbons (Fsp3) is 0.238. The first kappa shape index (κ1) is 21.1. The summed E-state index contributed by atoms with van der Waals surface area (Å²) in [5.41, 5.74) is 2.29. The molecule has 2 rings (SSSR count). The maximum Gasteiger partial charge on any atom is 0.267 e. The average molecular weight is 400 g/mol. The van der Waals surface area contributed by atoms with E-state index in [1.54, 1.807) is 38.5 Å². The van der Waals surface area contributed by atoms with Gasteiger partial charge in [-0.1, -0.05) is 23.7 Å². The van der Waals surface area contributed by atoms with Gasteiger partial charge in [-0.3, -0.25) is 4.79 Å². The zero-order chi connectivity index (χ0) is 20.7. The lowest BCUT2D eigenvalue weighted by Gasteiger charge is -2.15. The van der Waals surface area contributed by atoms with E-state index >= 15 is 0 Å². The van der Waals surface area contributed by atoms with Crippen LogP contribution in [0.25, 0.3) is 0 Å². The van der Waals surface area contributed by atoms with E-state index in [4.69, 9.17) is 21.1 Å². The molecule has 7 heteroatoms. The van der Waals surface area contributed by atoms with Gasteiger partial charge in [0.2, 0.25) is 0 Å². The van der Waals surface area contributed by atoms with Crippen LogP contribution in [-0.4, -0.2) is 20.1 Å². The van der Waals surface area contributed by atoms with Crippen LogP contribution in [0.4, 0.5) is 5.69 Å². The molecule has 0 spiro atoms. The van der Waals surface area contributed by atoms with Crippen LogP contribution >= 0.6 is 11.6 Å². The minimum atomic E-state index is -0.519. The molecule has 0 saturated carbocycles. The summed E-state index contributed by atoms with van der Waals surface area (Å²) in [7, 11) is 3.13. The van der Waals surface area contributed by atoms with Crippen LogP contribution in [0.1, 0.15) is 24.1 Å². The van der Waals surface area contributed by atoms with Crippen LogP contribution in [0.15, 0.2) is 48.2 Å².